The predicted molar refractivity (Wildman–Crippen MR) is 69.1 cm³/mol. The first-order chi connectivity index (χ1) is 6.12. The molecule has 0 amide bonds. The summed E-state index contributed by atoms with van der Waals surface area (Å²) in [5, 5.41) is 1.92. The fraction of sp³-hybridized carbons (Fsp3) is 0.400. The van der Waals surface area contributed by atoms with Gasteiger partial charge in [-0.25, -0.2) is 0 Å². The van der Waals surface area contributed by atoms with E-state index in [9.17, 15) is 0 Å². The van der Waals surface area contributed by atoms with Crippen LogP contribution in [0.5, 0.6) is 0 Å². The molecule has 1 aromatic carbocycles. The molecule has 0 atom stereocenters. The number of hydrogen-bond donors (Lipinski definition) is 0. The van der Waals surface area contributed by atoms with Crippen molar-refractivity contribution in [1.29, 1.82) is 0 Å². The van der Waals surface area contributed by atoms with Crippen LogP contribution in [-0.2, 0) is 5.41 Å². The van der Waals surface area contributed by atoms with Crippen LogP contribution in [0.3, 0.4) is 0 Å². The molecular weight excluding hydrogens is 360 g/mol. The van der Waals surface area contributed by atoms with Gasteiger partial charge in [0.25, 0.3) is 0 Å². The molecule has 0 unspecified atom stereocenters. The Labute approximate surface area is 104 Å². The lowest BCUT2D eigenvalue weighted by atomic mass is 9.87. The third-order valence-corrected chi connectivity index (χ3v) is 5.08. The second-order valence-corrected chi connectivity index (χ2v) is 5.38. The third-order valence-electron chi connectivity index (χ3n) is 2.11. The van der Waals surface area contributed by atoms with E-state index < -0.39 is 0 Å². The van der Waals surface area contributed by atoms with Crippen molar-refractivity contribution in [2.24, 2.45) is 0 Å². The SMILES string of the molecule is CC(CBr)(CBr)c1cccc(Br)c1. The number of rotatable bonds is 3. The quantitative estimate of drug-likeness (QED) is 0.687. The van der Waals surface area contributed by atoms with E-state index in [1.54, 1.807) is 0 Å². The van der Waals surface area contributed by atoms with Crippen molar-refractivity contribution in [3.63, 3.8) is 0 Å². The Kier molecular flexibility index (Phi) is 4.46. The molecule has 0 aliphatic heterocycles. The van der Waals surface area contributed by atoms with Crippen molar-refractivity contribution in [2.45, 2.75) is 12.3 Å². The van der Waals surface area contributed by atoms with Crippen LogP contribution in [0.1, 0.15) is 12.5 Å². The summed E-state index contributed by atoms with van der Waals surface area (Å²) in [6, 6.07) is 8.45. The second-order valence-electron chi connectivity index (χ2n) is 3.34. The molecule has 0 nitrogen and oxygen atoms in total. The maximum atomic E-state index is 3.55. The third kappa shape index (κ3) is 2.80. The van der Waals surface area contributed by atoms with Crippen molar-refractivity contribution in [2.75, 3.05) is 10.7 Å². The molecule has 1 aromatic rings. The number of hydrogen-bond acceptors (Lipinski definition) is 0. The molecule has 0 aliphatic rings. The first-order valence-corrected chi connectivity index (χ1v) is 7.04. The van der Waals surface area contributed by atoms with E-state index in [1.807, 2.05) is 6.07 Å². The first-order valence-electron chi connectivity index (χ1n) is 4.00. The van der Waals surface area contributed by atoms with Crippen LogP contribution in [0.4, 0.5) is 0 Å². The zero-order valence-corrected chi connectivity index (χ0v) is 12.1. The molecule has 0 heterocycles. The minimum atomic E-state index is 0.170. The maximum absolute atomic E-state index is 3.55. The molecule has 0 spiro atoms. The fourth-order valence-corrected chi connectivity index (χ4v) is 3.03. The van der Waals surface area contributed by atoms with Crippen molar-refractivity contribution < 1.29 is 0 Å². The smallest absolute Gasteiger partial charge is 0.0178 e. The summed E-state index contributed by atoms with van der Waals surface area (Å²) in [6.07, 6.45) is 0. The van der Waals surface area contributed by atoms with Crippen molar-refractivity contribution in [3.05, 3.63) is 34.3 Å². The molecule has 1 rings (SSSR count). The van der Waals surface area contributed by atoms with E-state index in [0.717, 1.165) is 15.1 Å². The Morgan fingerprint density at radius 3 is 2.31 bits per heavy atom. The molecule has 0 saturated carbocycles. The fourth-order valence-electron chi connectivity index (χ4n) is 1.05. The van der Waals surface area contributed by atoms with Gasteiger partial charge in [0, 0.05) is 20.5 Å². The Balaban J connectivity index is 3.05. The highest BCUT2D eigenvalue weighted by molar-refractivity contribution is 9.10. The molecule has 0 bridgehead atoms. The van der Waals surface area contributed by atoms with Gasteiger partial charge in [-0.05, 0) is 17.7 Å². The highest BCUT2D eigenvalue weighted by Gasteiger charge is 2.23. The highest BCUT2D eigenvalue weighted by Crippen LogP contribution is 2.29. The molecular formula is C10H11Br3. The van der Waals surface area contributed by atoms with E-state index >= 15 is 0 Å². The van der Waals surface area contributed by atoms with Crippen LogP contribution in [0.2, 0.25) is 0 Å². The van der Waals surface area contributed by atoms with Crippen LogP contribution >= 0.6 is 47.8 Å². The average Bonchev–Trinajstić information content (AvgIpc) is 2.17. The van der Waals surface area contributed by atoms with Crippen molar-refractivity contribution >= 4 is 47.8 Å². The number of benzene rings is 1. The van der Waals surface area contributed by atoms with Gasteiger partial charge in [0.05, 0.1) is 0 Å². The lowest BCUT2D eigenvalue weighted by Crippen LogP contribution is -2.25. The Morgan fingerprint density at radius 1 is 1.23 bits per heavy atom. The van der Waals surface area contributed by atoms with E-state index in [1.165, 1.54) is 5.56 Å². The summed E-state index contributed by atoms with van der Waals surface area (Å²) >= 11 is 10.6. The monoisotopic (exact) mass is 368 g/mol. The van der Waals surface area contributed by atoms with Gasteiger partial charge in [0.15, 0.2) is 0 Å². The summed E-state index contributed by atoms with van der Waals surface area (Å²) in [5.41, 5.74) is 1.51. The van der Waals surface area contributed by atoms with Crippen molar-refractivity contribution in [3.8, 4) is 0 Å². The van der Waals surface area contributed by atoms with Crippen LogP contribution < -0.4 is 0 Å². The molecule has 13 heavy (non-hydrogen) atoms. The second kappa shape index (κ2) is 4.94. The van der Waals surface area contributed by atoms with Crippen molar-refractivity contribution in [1.82, 2.24) is 0 Å². The van der Waals surface area contributed by atoms with Gasteiger partial charge >= 0.3 is 0 Å². The van der Waals surface area contributed by atoms with Gasteiger partial charge in [-0.15, -0.1) is 0 Å². The topological polar surface area (TPSA) is 0 Å². The predicted octanol–water partition coefficient (Wildman–Crippen LogP) is 4.50. The average molecular weight is 371 g/mol. The molecule has 72 valence electrons. The van der Waals surface area contributed by atoms with Crippen LogP contribution in [-0.4, -0.2) is 10.7 Å². The van der Waals surface area contributed by atoms with E-state index in [4.69, 9.17) is 0 Å². The summed E-state index contributed by atoms with van der Waals surface area (Å²) < 4.78 is 1.14. The van der Waals surface area contributed by atoms with Crippen LogP contribution in [0, 0.1) is 0 Å². The minimum Gasteiger partial charge on any atom is -0.0918 e. The minimum absolute atomic E-state index is 0.170. The highest BCUT2D eigenvalue weighted by atomic mass is 79.9. The molecule has 3 heteroatoms. The summed E-state index contributed by atoms with van der Waals surface area (Å²) in [6.45, 7) is 2.23. The van der Waals surface area contributed by atoms with Gasteiger partial charge in [-0.2, -0.15) is 0 Å². The Hall–Kier alpha value is 0.660. The maximum Gasteiger partial charge on any atom is 0.0178 e. The number of halogens is 3. The molecule has 0 N–H and O–H groups in total. The Bertz CT molecular complexity index is 279. The summed E-state index contributed by atoms with van der Waals surface area (Å²) in [4.78, 5) is 0. The summed E-state index contributed by atoms with van der Waals surface area (Å²) in [5.74, 6) is 0. The molecule has 0 radical (unpaired) electrons. The normalized spacial score (nSPS) is 11.7. The van der Waals surface area contributed by atoms with Gasteiger partial charge in [0.2, 0.25) is 0 Å². The van der Waals surface area contributed by atoms with Crippen LogP contribution in [0.25, 0.3) is 0 Å². The molecule has 0 fully saturated rings. The van der Waals surface area contributed by atoms with Gasteiger partial charge < -0.3 is 0 Å². The first kappa shape index (κ1) is 11.7. The van der Waals surface area contributed by atoms with E-state index in [0.29, 0.717) is 0 Å². The van der Waals surface area contributed by atoms with Gasteiger partial charge in [-0.1, -0.05) is 66.8 Å². The number of alkyl halides is 2. The Morgan fingerprint density at radius 2 is 1.85 bits per heavy atom. The lowest BCUT2D eigenvalue weighted by Gasteiger charge is -2.25. The van der Waals surface area contributed by atoms with Gasteiger partial charge in [-0.3, -0.25) is 0 Å². The van der Waals surface area contributed by atoms with E-state index in [-0.39, 0.29) is 5.41 Å². The molecule has 0 aromatic heterocycles. The summed E-state index contributed by atoms with van der Waals surface area (Å²) in [7, 11) is 0. The van der Waals surface area contributed by atoms with E-state index in [2.05, 4.69) is 72.9 Å². The zero-order chi connectivity index (χ0) is 9.90. The molecule has 0 aliphatic carbocycles. The zero-order valence-electron chi connectivity index (χ0n) is 7.36. The lowest BCUT2D eigenvalue weighted by molar-refractivity contribution is 0.623. The largest absolute Gasteiger partial charge is 0.0918 e. The standard InChI is InChI=1S/C10H11Br3/c1-10(6-11,7-12)8-3-2-4-9(13)5-8/h2-5H,6-7H2,1H3. The van der Waals surface area contributed by atoms with Gasteiger partial charge in [0.1, 0.15) is 0 Å². The molecule has 0 saturated heterocycles. The van der Waals surface area contributed by atoms with Crippen LogP contribution in [0.15, 0.2) is 28.7 Å².